The van der Waals surface area contributed by atoms with E-state index in [1.54, 1.807) is 41.3 Å². The van der Waals surface area contributed by atoms with Crippen molar-refractivity contribution < 1.29 is 13.2 Å². The van der Waals surface area contributed by atoms with E-state index < -0.39 is 10.0 Å². The van der Waals surface area contributed by atoms with Crippen LogP contribution in [-0.4, -0.2) is 36.1 Å². The second-order valence-corrected chi connectivity index (χ2v) is 7.22. The molecule has 0 aliphatic carbocycles. The second-order valence-electron chi connectivity index (χ2n) is 5.50. The lowest BCUT2D eigenvalue weighted by Gasteiger charge is -2.22. The molecule has 0 unspecified atom stereocenters. The first kappa shape index (κ1) is 17.4. The fraction of sp³-hybridized carbons (Fsp3) is 0.467. The number of hydrogen-bond donors (Lipinski definition) is 1. The van der Waals surface area contributed by atoms with E-state index in [4.69, 9.17) is 4.74 Å². The van der Waals surface area contributed by atoms with E-state index in [1.807, 2.05) is 20.8 Å². The number of ether oxygens (including phenoxy) is 1. The quantitative estimate of drug-likeness (QED) is 0.791. The minimum Gasteiger partial charge on any atom is -0.494 e. The van der Waals surface area contributed by atoms with Crippen LogP contribution in [0.25, 0.3) is 0 Å². The van der Waals surface area contributed by atoms with Gasteiger partial charge >= 0.3 is 0 Å². The standard InChI is InChI=1S/C15H22N4O3S/c1-4-22-13-5-7-14(8-6-13)23(20,21)17-15(12(2)3)11-19-10-9-16-18-19/h5-10,12,15,17H,4,11H2,1-3H3/t15-/m1/s1. The first-order chi connectivity index (χ1) is 10.9. The fourth-order valence-corrected chi connectivity index (χ4v) is 3.44. The molecule has 126 valence electrons. The van der Waals surface area contributed by atoms with Gasteiger partial charge in [0.1, 0.15) is 5.75 Å². The summed E-state index contributed by atoms with van der Waals surface area (Å²) in [5.74, 6) is 0.756. The molecule has 1 heterocycles. The van der Waals surface area contributed by atoms with Gasteiger partial charge in [0.2, 0.25) is 10.0 Å². The van der Waals surface area contributed by atoms with Crippen LogP contribution in [-0.2, 0) is 16.6 Å². The second kappa shape index (κ2) is 7.56. The van der Waals surface area contributed by atoms with E-state index in [-0.39, 0.29) is 16.9 Å². The average Bonchev–Trinajstić information content (AvgIpc) is 3.00. The van der Waals surface area contributed by atoms with Crippen LogP contribution < -0.4 is 9.46 Å². The fourth-order valence-electron chi connectivity index (χ4n) is 2.06. The summed E-state index contributed by atoms with van der Waals surface area (Å²) in [6.07, 6.45) is 3.28. The monoisotopic (exact) mass is 338 g/mol. The van der Waals surface area contributed by atoms with Gasteiger partial charge in [0, 0.05) is 12.2 Å². The Hall–Kier alpha value is -1.93. The summed E-state index contributed by atoms with van der Waals surface area (Å²) in [6, 6.07) is 6.10. The molecule has 0 bridgehead atoms. The average molecular weight is 338 g/mol. The van der Waals surface area contributed by atoms with Crippen molar-refractivity contribution in [1.29, 1.82) is 0 Å². The highest BCUT2D eigenvalue weighted by Crippen LogP contribution is 2.17. The van der Waals surface area contributed by atoms with Crippen LogP contribution in [0.1, 0.15) is 20.8 Å². The van der Waals surface area contributed by atoms with Crippen molar-refractivity contribution in [3.8, 4) is 5.75 Å². The van der Waals surface area contributed by atoms with Crippen LogP contribution in [0.3, 0.4) is 0 Å². The Balaban J connectivity index is 2.13. The summed E-state index contributed by atoms with van der Waals surface area (Å²) in [6.45, 7) is 6.76. The van der Waals surface area contributed by atoms with Gasteiger partial charge in [-0.3, -0.25) is 4.68 Å². The lowest BCUT2D eigenvalue weighted by molar-refractivity contribution is 0.340. The Morgan fingerprint density at radius 3 is 2.48 bits per heavy atom. The first-order valence-electron chi connectivity index (χ1n) is 7.51. The van der Waals surface area contributed by atoms with Gasteiger partial charge in [-0.25, -0.2) is 13.1 Å². The number of rotatable bonds is 8. The third-order valence-electron chi connectivity index (χ3n) is 3.41. The molecule has 0 amide bonds. The van der Waals surface area contributed by atoms with Gasteiger partial charge < -0.3 is 4.74 Å². The molecule has 0 fully saturated rings. The number of nitrogens with zero attached hydrogens (tertiary/aromatic N) is 3. The van der Waals surface area contributed by atoms with E-state index in [2.05, 4.69) is 15.0 Å². The van der Waals surface area contributed by atoms with Gasteiger partial charge in [-0.1, -0.05) is 19.1 Å². The molecule has 8 heteroatoms. The summed E-state index contributed by atoms with van der Waals surface area (Å²) in [7, 11) is -3.61. The van der Waals surface area contributed by atoms with E-state index in [0.29, 0.717) is 18.9 Å². The number of hydrogen-bond acceptors (Lipinski definition) is 5. The normalized spacial score (nSPS) is 13.2. The highest BCUT2D eigenvalue weighted by atomic mass is 32.2. The van der Waals surface area contributed by atoms with Gasteiger partial charge in [-0.15, -0.1) is 5.10 Å². The zero-order valence-corrected chi connectivity index (χ0v) is 14.3. The molecular formula is C15H22N4O3S. The summed E-state index contributed by atoms with van der Waals surface area (Å²) in [5.41, 5.74) is 0. The number of benzene rings is 1. The molecule has 2 aromatic rings. The molecule has 0 radical (unpaired) electrons. The van der Waals surface area contributed by atoms with Crippen molar-refractivity contribution in [2.24, 2.45) is 5.92 Å². The van der Waals surface area contributed by atoms with Gasteiger partial charge in [0.25, 0.3) is 0 Å². The highest BCUT2D eigenvalue weighted by Gasteiger charge is 2.23. The van der Waals surface area contributed by atoms with Crippen molar-refractivity contribution in [1.82, 2.24) is 19.7 Å². The molecule has 0 spiro atoms. The predicted molar refractivity (Wildman–Crippen MR) is 86.6 cm³/mol. The maximum Gasteiger partial charge on any atom is 0.240 e. The minimum absolute atomic E-state index is 0.108. The van der Waals surface area contributed by atoms with Crippen molar-refractivity contribution >= 4 is 10.0 Å². The summed E-state index contributed by atoms with van der Waals surface area (Å²) < 4.78 is 34.8. The molecule has 1 aromatic carbocycles. The van der Waals surface area contributed by atoms with E-state index >= 15 is 0 Å². The molecule has 1 N–H and O–H groups in total. The van der Waals surface area contributed by atoms with Crippen LogP contribution in [0.2, 0.25) is 0 Å². The summed E-state index contributed by atoms with van der Waals surface area (Å²) >= 11 is 0. The Morgan fingerprint density at radius 1 is 1.26 bits per heavy atom. The maximum atomic E-state index is 12.5. The largest absolute Gasteiger partial charge is 0.494 e. The van der Waals surface area contributed by atoms with Gasteiger partial charge in [-0.2, -0.15) is 0 Å². The van der Waals surface area contributed by atoms with E-state index in [1.165, 1.54) is 0 Å². The molecule has 0 aliphatic rings. The molecular weight excluding hydrogens is 316 g/mol. The zero-order chi connectivity index (χ0) is 16.9. The van der Waals surface area contributed by atoms with E-state index in [9.17, 15) is 8.42 Å². The topological polar surface area (TPSA) is 86.1 Å². The SMILES string of the molecule is CCOc1ccc(S(=O)(=O)N[C@H](Cn2ccnn2)C(C)C)cc1. The summed E-state index contributed by atoms with van der Waals surface area (Å²) in [5, 5.41) is 7.63. The lowest BCUT2D eigenvalue weighted by Crippen LogP contribution is -2.41. The molecule has 2 rings (SSSR count). The van der Waals surface area contributed by atoms with Crippen molar-refractivity contribution in [2.45, 2.75) is 38.3 Å². The summed E-state index contributed by atoms with van der Waals surface area (Å²) in [4.78, 5) is 0.213. The Morgan fingerprint density at radius 2 is 1.96 bits per heavy atom. The molecule has 1 atom stereocenters. The van der Waals surface area contributed by atoms with Gasteiger partial charge in [-0.05, 0) is 37.1 Å². The van der Waals surface area contributed by atoms with Crippen LogP contribution in [0.5, 0.6) is 5.75 Å². The number of sulfonamides is 1. The Labute approximate surface area is 136 Å². The molecule has 1 aromatic heterocycles. The van der Waals surface area contributed by atoms with Crippen molar-refractivity contribution in [2.75, 3.05) is 6.61 Å². The third kappa shape index (κ3) is 4.77. The Kier molecular flexibility index (Phi) is 5.73. The molecule has 0 saturated carbocycles. The molecule has 23 heavy (non-hydrogen) atoms. The highest BCUT2D eigenvalue weighted by molar-refractivity contribution is 7.89. The predicted octanol–water partition coefficient (Wildman–Crippen LogP) is 1.68. The minimum atomic E-state index is -3.61. The molecule has 0 saturated heterocycles. The van der Waals surface area contributed by atoms with Crippen LogP contribution in [0.4, 0.5) is 0 Å². The number of nitrogens with one attached hydrogen (secondary N) is 1. The lowest BCUT2D eigenvalue weighted by atomic mass is 10.1. The van der Waals surface area contributed by atoms with Crippen LogP contribution >= 0.6 is 0 Å². The number of aromatic nitrogens is 3. The van der Waals surface area contributed by atoms with Crippen molar-refractivity contribution in [3.05, 3.63) is 36.7 Å². The maximum absolute atomic E-state index is 12.5. The molecule has 0 aliphatic heterocycles. The van der Waals surface area contributed by atoms with Crippen LogP contribution in [0.15, 0.2) is 41.6 Å². The first-order valence-corrected chi connectivity index (χ1v) is 9.00. The molecule has 7 nitrogen and oxygen atoms in total. The Bertz CT molecular complexity index is 697. The third-order valence-corrected chi connectivity index (χ3v) is 4.92. The smallest absolute Gasteiger partial charge is 0.240 e. The zero-order valence-electron chi connectivity index (χ0n) is 13.5. The van der Waals surface area contributed by atoms with Gasteiger partial charge in [0.15, 0.2) is 0 Å². The van der Waals surface area contributed by atoms with Crippen LogP contribution in [0, 0.1) is 5.92 Å². The van der Waals surface area contributed by atoms with Crippen molar-refractivity contribution in [3.63, 3.8) is 0 Å². The van der Waals surface area contributed by atoms with E-state index in [0.717, 1.165) is 0 Å². The van der Waals surface area contributed by atoms with Gasteiger partial charge in [0.05, 0.1) is 24.2 Å².